The van der Waals surface area contributed by atoms with Crippen LogP contribution in [0, 0.1) is 17.8 Å². The van der Waals surface area contributed by atoms with Crippen molar-refractivity contribution in [3.8, 4) is 0 Å². The lowest BCUT2D eigenvalue weighted by Gasteiger charge is -2.21. The molecule has 0 aliphatic carbocycles. The lowest BCUT2D eigenvalue weighted by atomic mass is 10.0. The van der Waals surface area contributed by atoms with Crippen LogP contribution in [-0.2, 0) is 23.8 Å². The summed E-state index contributed by atoms with van der Waals surface area (Å²) >= 11 is 0. The fourth-order valence-corrected chi connectivity index (χ4v) is 3.04. The predicted molar refractivity (Wildman–Crippen MR) is 112 cm³/mol. The molecule has 1 unspecified atom stereocenters. The molecular formula is C20H33N5O6. The number of rotatable bonds is 9. The lowest BCUT2D eigenvalue weighted by molar-refractivity contribution is -0.155. The Morgan fingerprint density at radius 1 is 1.13 bits per heavy atom. The summed E-state index contributed by atoms with van der Waals surface area (Å²) in [6, 6.07) is -0.0278. The molecule has 0 bridgehead atoms. The predicted octanol–water partition coefficient (Wildman–Crippen LogP) is -0.218. The molecule has 174 valence electrons. The number of aromatic nitrogens is 2. The van der Waals surface area contributed by atoms with Crippen molar-refractivity contribution in [3.05, 3.63) is 22.7 Å². The molecule has 0 aromatic carbocycles. The molecule has 2 heterocycles. The zero-order valence-corrected chi connectivity index (χ0v) is 18.4. The van der Waals surface area contributed by atoms with Gasteiger partial charge in [0, 0.05) is 18.5 Å². The van der Waals surface area contributed by atoms with E-state index in [1.807, 2.05) is 27.7 Å². The van der Waals surface area contributed by atoms with Crippen molar-refractivity contribution in [2.45, 2.75) is 58.5 Å². The summed E-state index contributed by atoms with van der Waals surface area (Å²) in [5.74, 6) is -1.47. The number of carbonyl (C=O) groups excluding carboxylic acids is 2. The van der Waals surface area contributed by atoms with E-state index in [1.165, 1.54) is 16.8 Å². The average molecular weight is 440 g/mol. The Labute approximate surface area is 181 Å². The van der Waals surface area contributed by atoms with Gasteiger partial charge in [-0.05, 0) is 17.9 Å². The summed E-state index contributed by atoms with van der Waals surface area (Å²) in [6.07, 6.45) is 0.538. The molecule has 1 aliphatic heterocycles. The number of carbonyl (C=O) groups is 2. The summed E-state index contributed by atoms with van der Waals surface area (Å²) in [6.45, 7) is 7.18. The van der Waals surface area contributed by atoms with Gasteiger partial charge in [0.2, 0.25) is 0 Å². The van der Waals surface area contributed by atoms with Gasteiger partial charge in [-0.25, -0.2) is 4.79 Å². The summed E-state index contributed by atoms with van der Waals surface area (Å²) in [5.41, 5.74) is 16.6. The Balaban J connectivity index is 2.10. The van der Waals surface area contributed by atoms with Crippen LogP contribution in [0.2, 0.25) is 0 Å². The first-order chi connectivity index (χ1) is 14.5. The molecule has 1 fully saturated rings. The Morgan fingerprint density at radius 3 is 2.19 bits per heavy atom. The highest BCUT2D eigenvalue weighted by Gasteiger charge is 2.39. The van der Waals surface area contributed by atoms with Crippen LogP contribution in [0.15, 0.2) is 17.1 Å². The zero-order valence-electron chi connectivity index (χ0n) is 18.4. The van der Waals surface area contributed by atoms with E-state index in [0.717, 1.165) is 0 Å². The third-order valence-corrected chi connectivity index (χ3v) is 5.33. The molecule has 31 heavy (non-hydrogen) atoms. The second kappa shape index (κ2) is 10.7. The van der Waals surface area contributed by atoms with Crippen molar-refractivity contribution >= 4 is 17.8 Å². The van der Waals surface area contributed by atoms with Gasteiger partial charge < -0.3 is 31.4 Å². The highest BCUT2D eigenvalue weighted by Crippen LogP contribution is 2.33. The number of nitrogens with zero attached hydrogens (tertiary/aromatic N) is 2. The van der Waals surface area contributed by atoms with Crippen LogP contribution in [0.4, 0.5) is 5.82 Å². The quantitative estimate of drug-likeness (QED) is 0.436. The molecule has 1 aromatic rings. The highest BCUT2D eigenvalue weighted by atomic mass is 16.6. The van der Waals surface area contributed by atoms with Crippen LogP contribution in [0.3, 0.4) is 0 Å². The largest absolute Gasteiger partial charge is 0.464 e. The van der Waals surface area contributed by atoms with E-state index in [-0.39, 0.29) is 36.8 Å². The van der Waals surface area contributed by atoms with Crippen LogP contribution >= 0.6 is 0 Å². The van der Waals surface area contributed by atoms with E-state index in [9.17, 15) is 14.4 Å². The van der Waals surface area contributed by atoms with E-state index < -0.39 is 42.0 Å². The Morgan fingerprint density at radius 2 is 1.68 bits per heavy atom. The SMILES string of the molecule is CC(C)[C@H](N)C(=O)OCC1C[C@H](n2ccc(N)nc2=O)O[C@@H]1COC(=O)[C@@H](N)C(C)C. The molecule has 1 aliphatic rings. The van der Waals surface area contributed by atoms with Crippen molar-refractivity contribution in [2.75, 3.05) is 18.9 Å². The van der Waals surface area contributed by atoms with Crippen molar-refractivity contribution < 1.29 is 23.8 Å². The minimum absolute atomic E-state index is 0.00531. The molecule has 0 spiro atoms. The van der Waals surface area contributed by atoms with Gasteiger partial charge in [0.1, 0.15) is 36.8 Å². The van der Waals surface area contributed by atoms with Gasteiger partial charge >= 0.3 is 17.6 Å². The van der Waals surface area contributed by atoms with Crippen LogP contribution in [0.1, 0.15) is 40.3 Å². The Hall–Kier alpha value is -2.50. The first kappa shape index (κ1) is 24.8. The topological polar surface area (TPSA) is 175 Å². The standard InChI is InChI=1S/C20H33N5O6/c1-10(2)16(22)18(26)29-8-12-7-15(25-6-5-14(21)24-20(25)28)31-13(12)9-30-19(27)17(23)11(3)4/h5-6,10-13,15-17H,7-9,22-23H2,1-4H3,(H2,21,24,28)/t12?,13-,15-,16+,17+/m1/s1. The third kappa shape index (κ3) is 6.49. The Kier molecular flexibility index (Phi) is 8.54. The van der Waals surface area contributed by atoms with Gasteiger partial charge in [-0.2, -0.15) is 4.98 Å². The number of anilines is 1. The summed E-state index contributed by atoms with van der Waals surface area (Å²) in [7, 11) is 0. The summed E-state index contributed by atoms with van der Waals surface area (Å²) in [4.78, 5) is 40.2. The number of esters is 2. The fraction of sp³-hybridized carbons (Fsp3) is 0.700. The fourth-order valence-electron chi connectivity index (χ4n) is 3.04. The second-order valence-electron chi connectivity index (χ2n) is 8.47. The Bertz CT molecular complexity index is 789. The molecule has 11 nitrogen and oxygen atoms in total. The number of hydrogen-bond acceptors (Lipinski definition) is 10. The molecule has 0 radical (unpaired) electrons. The molecule has 11 heteroatoms. The third-order valence-electron chi connectivity index (χ3n) is 5.33. The molecule has 1 saturated heterocycles. The smallest absolute Gasteiger partial charge is 0.351 e. The van der Waals surface area contributed by atoms with Crippen LogP contribution in [0.5, 0.6) is 0 Å². The van der Waals surface area contributed by atoms with Gasteiger partial charge in [0.25, 0.3) is 0 Å². The van der Waals surface area contributed by atoms with Gasteiger partial charge in [-0.15, -0.1) is 0 Å². The van der Waals surface area contributed by atoms with Crippen molar-refractivity contribution in [1.82, 2.24) is 9.55 Å². The second-order valence-corrected chi connectivity index (χ2v) is 8.47. The van der Waals surface area contributed by atoms with Crippen molar-refractivity contribution in [1.29, 1.82) is 0 Å². The number of nitrogens with two attached hydrogens (primary N) is 3. The number of hydrogen-bond donors (Lipinski definition) is 3. The zero-order chi connectivity index (χ0) is 23.3. The number of ether oxygens (including phenoxy) is 3. The summed E-state index contributed by atoms with van der Waals surface area (Å²) in [5, 5.41) is 0. The van der Waals surface area contributed by atoms with Gasteiger partial charge in [-0.1, -0.05) is 27.7 Å². The first-order valence-corrected chi connectivity index (χ1v) is 10.4. The van der Waals surface area contributed by atoms with Gasteiger partial charge in [0.05, 0.1) is 6.61 Å². The summed E-state index contributed by atoms with van der Waals surface area (Å²) < 4.78 is 18.0. The van der Waals surface area contributed by atoms with Crippen LogP contribution < -0.4 is 22.9 Å². The number of nitrogen functional groups attached to an aromatic ring is 1. The van der Waals surface area contributed by atoms with Crippen LogP contribution in [-0.4, -0.2) is 52.9 Å². The van der Waals surface area contributed by atoms with Crippen LogP contribution in [0.25, 0.3) is 0 Å². The van der Waals surface area contributed by atoms with Crippen molar-refractivity contribution in [2.24, 2.45) is 29.2 Å². The maximum Gasteiger partial charge on any atom is 0.351 e. The van der Waals surface area contributed by atoms with Crippen molar-refractivity contribution in [3.63, 3.8) is 0 Å². The molecule has 0 amide bonds. The van der Waals surface area contributed by atoms with Gasteiger partial charge in [-0.3, -0.25) is 14.2 Å². The molecule has 0 saturated carbocycles. The highest BCUT2D eigenvalue weighted by molar-refractivity contribution is 5.76. The molecule has 5 atom stereocenters. The minimum atomic E-state index is -0.763. The van der Waals surface area contributed by atoms with E-state index in [4.69, 9.17) is 31.4 Å². The van der Waals surface area contributed by atoms with E-state index >= 15 is 0 Å². The maximum atomic E-state index is 12.2. The van der Waals surface area contributed by atoms with Gasteiger partial charge in [0.15, 0.2) is 0 Å². The first-order valence-electron chi connectivity index (χ1n) is 10.4. The minimum Gasteiger partial charge on any atom is -0.464 e. The average Bonchev–Trinajstić information content (AvgIpc) is 3.11. The maximum absolute atomic E-state index is 12.2. The monoisotopic (exact) mass is 439 g/mol. The van der Waals surface area contributed by atoms with E-state index in [1.54, 1.807) is 0 Å². The molecular weight excluding hydrogens is 406 g/mol. The molecule has 2 rings (SSSR count). The normalized spacial score (nSPS) is 23.0. The molecule has 1 aromatic heterocycles. The molecule has 6 N–H and O–H groups in total. The lowest BCUT2D eigenvalue weighted by Crippen LogP contribution is -2.40. The van der Waals surface area contributed by atoms with E-state index in [0.29, 0.717) is 6.42 Å². The van der Waals surface area contributed by atoms with E-state index in [2.05, 4.69) is 4.98 Å².